The van der Waals surface area contributed by atoms with Gasteiger partial charge in [-0.25, -0.2) is 0 Å². The van der Waals surface area contributed by atoms with Crippen molar-refractivity contribution >= 4 is 0 Å². The van der Waals surface area contributed by atoms with E-state index in [-0.39, 0.29) is 11.0 Å². The second-order valence-electron chi connectivity index (χ2n) is 8.37. The average Bonchev–Trinajstić information content (AvgIpc) is 3.49. The van der Waals surface area contributed by atoms with Gasteiger partial charge in [-0.15, -0.1) is 10.2 Å². The minimum atomic E-state index is -0.0856. The summed E-state index contributed by atoms with van der Waals surface area (Å²) in [5, 5.41) is 8.93. The summed E-state index contributed by atoms with van der Waals surface area (Å²) >= 11 is 0. The first-order chi connectivity index (χ1) is 14.7. The van der Waals surface area contributed by atoms with Gasteiger partial charge in [0.2, 0.25) is 6.79 Å². The molecule has 1 saturated heterocycles. The molecule has 0 N–H and O–H groups in total. The van der Waals surface area contributed by atoms with Crippen LogP contribution in [0.3, 0.4) is 0 Å². The van der Waals surface area contributed by atoms with E-state index in [0.29, 0.717) is 19.0 Å². The summed E-state index contributed by atoms with van der Waals surface area (Å²) in [6.07, 6.45) is 1.93. The summed E-state index contributed by atoms with van der Waals surface area (Å²) in [6, 6.07) is 15.7. The minimum Gasteiger partial charge on any atom is -0.454 e. The highest BCUT2D eigenvalue weighted by atomic mass is 16.7. The number of rotatable bonds is 3. The van der Waals surface area contributed by atoms with Crippen LogP contribution in [0.5, 0.6) is 11.5 Å². The van der Waals surface area contributed by atoms with E-state index in [4.69, 9.17) is 9.47 Å². The molecule has 0 amide bonds. The summed E-state index contributed by atoms with van der Waals surface area (Å²) < 4.78 is 12.8. The molecule has 0 bridgehead atoms. The van der Waals surface area contributed by atoms with Gasteiger partial charge in [-0.3, -0.25) is 14.3 Å². The van der Waals surface area contributed by atoms with Gasteiger partial charge in [-0.2, -0.15) is 0 Å². The van der Waals surface area contributed by atoms with Crippen molar-refractivity contribution < 1.29 is 9.47 Å². The third-order valence-corrected chi connectivity index (χ3v) is 6.56. The molecule has 1 aromatic heterocycles. The van der Waals surface area contributed by atoms with E-state index < -0.39 is 0 Å². The second kappa shape index (κ2) is 6.67. The van der Waals surface area contributed by atoms with Crippen LogP contribution in [0.4, 0.5) is 0 Å². The topological polar surface area (TPSA) is 69.5 Å². The van der Waals surface area contributed by atoms with E-state index in [0.717, 1.165) is 55.4 Å². The van der Waals surface area contributed by atoms with E-state index in [1.54, 1.807) is 0 Å². The lowest BCUT2D eigenvalue weighted by atomic mass is 9.85. The zero-order valence-corrected chi connectivity index (χ0v) is 16.6. The van der Waals surface area contributed by atoms with Crippen molar-refractivity contribution in [3.05, 3.63) is 70.3 Å². The Morgan fingerprint density at radius 3 is 2.70 bits per heavy atom. The lowest BCUT2D eigenvalue weighted by molar-refractivity contribution is 0.174. The van der Waals surface area contributed by atoms with Gasteiger partial charge >= 0.3 is 0 Å². The van der Waals surface area contributed by atoms with Crippen LogP contribution in [0.25, 0.3) is 11.3 Å². The SMILES string of the molecule is O=c1c(-c2ccccc2)nnc2n1CC[C@@]21CCN(Cc2ccc3c(c2)OCO3)C1. The van der Waals surface area contributed by atoms with Gasteiger partial charge in [0.05, 0.1) is 0 Å². The van der Waals surface area contributed by atoms with Gasteiger partial charge in [0.15, 0.2) is 17.2 Å². The number of likely N-dealkylation sites (tertiary alicyclic amines) is 1. The van der Waals surface area contributed by atoms with Crippen molar-refractivity contribution in [2.75, 3.05) is 19.9 Å². The van der Waals surface area contributed by atoms with Gasteiger partial charge in [0.25, 0.3) is 5.56 Å². The molecule has 2 aromatic carbocycles. The van der Waals surface area contributed by atoms with Gasteiger partial charge in [0.1, 0.15) is 5.82 Å². The normalized spacial score (nSPS) is 22.0. The van der Waals surface area contributed by atoms with Crippen molar-refractivity contribution in [2.24, 2.45) is 0 Å². The molecular formula is C23H22N4O3. The number of nitrogens with zero attached hydrogens (tertiary/aromatic N) is 4. The fourth-order valence-electron chi connectivity index (χ4n) is 5.01. The quantitative estimate of drug-likeness (QED) is 0.671. The van der Waals surface area contributed by atoms with E-state index in [1.807, 2.05) is 41.0 Å². The summed E-state index contributed by atoms with van der Waals surface area (Å²) in [4.78, 5) is 15.5. The lowest BCUT2D eigenvalue weighted by Crippen LogP contribution is -2.33. The number of fused-ring (bicyclic) bond motifs is 3. The van der Waals surface area contributed by atoms with E-state index in [2.05, 4.69) is 27.2 Å². The van der Waals surface area contributed by atoms with Gasteiger partial charge in [0, 0.05) is 30.6 Å². The Morgan fingerprint density at radius 2 is 1.80 bits per heavy atom. The molecule has 4 heterocycles. The van der Waals surface area contributed by atoms with E-state index in [9.17, 15) is 4.79 Å². The first kappa shape index (κ1) is 17.7. The van der Waals surface area contributed by atoms with E-state index >= 15 is 0 Å². The van der Waals surface area contributed by atoms with Crippen molar-refractivity contribution in [1.29, 1.82) is 0 Å². The second-order valence-corrected chi connectivity index (χ2v) is 8.37. The molecule has 3 aliphatic rings. The molecule has 1 spiro atoms. The van der Waals surface area contributed by atoms with Gasteiger partial charge in [-0.05, 0) is 37.1 Å². The fraction of sp³-hybridized carbons (Fsp3) is 0.348. The van der Waals surface area contributed by atoms with Crippen molar-refractivity contribution in [3.63, 3.8) is 0 Å². The zero-order valence-electron chi connectivity index (χ0n) is 16.6. The summed E-state index contributed by atoms with van der Waals surface area (Å²) in [6.45, 7) is 3.71. The number of aromatic nitrogens is 3. The lowest BCUT2D eigenvalue weighted by Gasteiger charge is -2.23. The monoisotopic (exact) mass is 402 g/mol. The molecule has 152 valence electrons. The van der Waals surface area contributed by atoms with Gasteiger partial charge in [-0.1, -0.05) is 36.4 Å². The zero-order chi connectivity index (χ0) is 20.1. The third-order valence-electron chi connectivity index (χ3n) is 6.56. The van der Waals surface area contributed by atoms with Crippen LogP contribution in [-0.2, 0) is 18.5 Å². The predicted octanol–water partition coefficient (Wildman–Crippen LogP) is 2.58. The Hall–Kier alpha value is -3.19. The highest BCUT2D eigenvalue weighted by Gasteiger charge is 2.46. The minimum absolute atomic E-state index is 0.0303. The molecule has 6 rings (SSSR count). The molecule has 3 aromatic rings. The van der Waals surface area contributed by atoms with Crippen molar-refractivity contribution in [3.8, 4) is 22.8 Å². The first-order valence-electron chi connectivity index (χ1n) is 10.4. The Labute approximate surface area is 173 Å². The molecule has 0 aliphatic carbocycles. The molecule has 0 unspecified atom stereocenters. The third kappa shape index (κ3) is 2.73. The molecular weight excluding hydrogens is 380 g/mol. The first-order valence-corrected chi connectivity index (χ1v) is 10.4. The molecule has 7 heteroatoms. The maximum absolute atomic E-state index is 13.1. The van der Waals surface area contributed by atoms with Crippen molar-refractivity contribution in [2.45, 2.75) is 31.3 Å². The van der Waals surface area contributed by atoms with Crippen LogP contribution < -0.4 is 15.0 Å². The standard InChI is InChI=1S/C23H22N4O3/c28-21-20(17-4-2-1-3-5-17)24-25-22-23(9-11-27(21)22)8-10-26(14-23)13-16-6-7-18-19(12-16)30-15-29-18/h1-7,12H,8-11,13-15H2/t23-/m1/s1. The van der Waals surface area contributed by atoms with Crippen LogP contribution in [0.2, 0.25) is 0 Å². The Bertz CT molecular complexity index is 1180. The largest absolute Gasteiger partial charge is 0.454 e. The van der Waals surface area contributed by atoms with Crippen LogP contribution in [0, 0.1) is 0 Å². The summed E-state index contributed by atoms with van der Waals surface area (Å²) in [5.41, 5.74) is 2.35. The maximum Gasteiger partial charge on any atom is 0.280 e. The molecule has 1 atom stereocenters. The summed E-state index contributed by atoms with van der Waals surface area (Å²) in [7, 11) is 0. The number of ether oxygens (including phenoxy) is 2. The fourth-order valence-corrected chi connectivity index (χ4v) is 5.01. The van der Waals surface area contributed by atoms with E-state index in [1.165, 1.54) is 5.56 Å². The van der Waals surface area contributed by atoms with Crippen LogP contribution in [-0.4, -0.2) is 39.5 Å². The molecule has 0 radical (unpaired) electrons. The molecule has 30 heavy (non-hydrogen) atoms. The maximum atomic E-state index is 13.1. The highest BCUT2D eigenvalue weighted by Crippen LogP contribution is 2.41. The Kier molecular flexibility index (Phi) is 3.92. The molecule has 7 nitrogen and oxygen atoms in total. The average molecular weight is 402 g/mol. The molecule has 1 fully saturated rings. The summed E-state index contributed by atoms with van der Waals surface area (Å²) in [5.74, 6) is 2.48. The Balaban J connectivity index is 1.26. The smallest absolute Gasteiger partial charge is 0.280 e. The van der Waals surface area contributed by atoms with Gasteiger partial charge < -0.3 is 9.47 Å². The number of benzene rings is 2. The predicted molar refractivity (Wildman–Crippen MR) is 110 cm³/mol. The van der Waals surface area contributed by atoms with Crippen LogP contribution >= 0.6 is 0 Å². The number of hydrogen-bond acceptors (Lipinski definition) is 6. The number of hydrogen-bond donors (Lipinski definition) is 0. The van der Waals surface area contributed by atoms with Crippen LogP contribution in [0.1, 0.15) is 24.2 Å². The molecule has 0 saturated carbocycles. The Morgan fingerprint density at radius 1 is 0.967 bits per heavy atom. The van der Waals surface area contributed by atoms with Crippen molar-refractivity contribution in [1.82, 2.24) is 19.7 Å². The van der Waals surface area contributed by atoms with Crippen LogP contribution in [0.15, 0.2) is 53.3 Å². The molecule has 3 aliphatic heterocycles. The highest BCUT2D eigenvalue weighted by molar-refractivity contribution is 5.57.